The molecule has 0 spiro atoms. The molecule has 0 amide bonds. The second-order valence-corrected chi connectivity index (χ2v) is 7.49. The number of hydrogen-bond acceptors (Lipinski definition) is 7. The average Bonchev–Trinajstić information content (AvgIpc) is 2.15. The van der Waals surface area contributed by atoms with Crippen LogP contribution in [0.15, 0.2) is 24.3 Å². The molecule has 2 atom stereocenters. The van der Waals surface area contributed by atoms with E-state index in [1.807, 2.05) is 0 Å². The summed E-state index contributed by atoms with van der Waals surface area (Å²) in [5, 5.41) is 9.26. The number of phenols is 1. The third-order valence-electron chi connectivity index (χ3n) is 1.49. The SMILES string of the molecule is O=P(O)(O)OP(=O)(O)OP(=O)(O)Oc1ccccc1O. The highest BCUT2D eigenvalue weighted by atomic mass is 31.3. The Kier molecular flexibility index (Phi) is 5.15. The molecular weight excluding hydrogens is 341 g/mol. The summed E-state index contributed by atoms with van der Waals surface area (Å²) in [6.07, 6.45) is 0. The number of phosphoric acid groups is 3. The first-order valence-corrected chi connectivity index (χ1v) is 9.04. The summed E-state index contributed by atoms with van der Waals surface area (Å²) in [7, 11) is -16.3. The molecule has 1 aromatic rings. The maximum Gasteiger partial charge on any atom is 0.536 e. The second kappa shape index (κ2) is 5.95. The number of hydrogen-bond donors (Lipinski definition) is 5. The Bertz CT molecular complexity index is 620. The monoisotopic (exact) mass is 350 g/mol. The average molecular weight is 350 g/mol. The Hall–Kier alpha value is -0.730. The molecule has 20 heavy (non-hydrogen) atoms. The molecule has 0 aliphatic heterocycles. The van der Waals surface area contributed by atoms with Crippen LogP contribution in [-0.4, -0.2) is 24.7 Å². The number of phosphoric ester groups is 1. The van der Waals surface area contributed by atoms with Gasteiger partial charge in [0.15, 0.2) is 11.5 Å². The Morgan fingerprint density at radius 3 is 1.90 bits per heavy atom. The van der Waals surface area contributed by atoms with Gasteiger partial charge in [0.2, 0.25) is 0 Å². The fourth-order valence-electron chi connectivity index (χ4n) is 0.955. The molecule has 0 aliphatic carbocycles. The highest BCUT2D eigenvalue weighted by molar-refractivity contribution is 7.66. The third-order valence-corrected chi connectivity index (χ3v) is 5.25. The van der Waals surface area contributed by atoms with E-state index in [9.17, 15) is 18.8 Å². The van der Waals surface area contributed by atoms with Crippen molar-refractivity contribution in [2.45, 2.75) is 0 Å². The van der Waals surface area contributed by atoms with Crippen LogP contribution in [-0.2, 0) is 22.3 Å². The number of rotatable bonds is 6. The molecule has 1 aromatic carbocycles. The van der Waals surface area contributed by atoms with Crippen LogP contribution in [0.3, 0.4) is 0 Å². The maximum atomic E-state index is 11.4. The van der Waals surface area contributed by atoms with Crippen LogP contribution in [0.1, 0.15) is 0 Å². The zero-order valence-electron chi connectivity index (χ0n) is 9.34. The minimum atomic E-state index is -5.57. The highest BCUT2D eigenvalue weighted by Crippen LogP contribution is 2.66. The van der Waals surface area contributed by atoms with Crippen molar-refractivity contribution in [3.8, 4) is 11.5 Å². The van der Waals surface area contributed by atoms with Crippen molar-refractivity contribution in [1.29, 1.82) is 0 Å². The zero-order chi connectivity index (χ0) is 15.6. The van der Waals surface area contributed by atoms with E-state index in [4.69, 9.17) is 19.6 Å². The van der Waals surface area contributed by atoms with Crippen molar-refractivity contribution in [3.05, 3.63) is 24.3 Å². The summed E-state index contributed by atoms with van der Waals surface area (Å²) in [4.78, 5) is 34.7. The largest absolute Gasteiger partial charge is 0.536 e. The molecule has 0 fully saturated rings. The summed E-state index contributed by atoms with van der Waals surface area (Å²) in [6, 6.07) is 4.78. The first-order valence-electron chi connectivity index (χ1n) is 4.52. The first kappa shape index (κ1) is 17.3. The second-order valence-electron chi connectivity index (χ2n) is 3.15. The Morgan fingerprint density at radius 1 is 0.850 bits per heavy atom. The van der Waals surface area contributed by atoms with E-state index in [1.165, 1.54) is 12.1 Å². The van der Waals surface area contributed by atoms with E-state index in [1.54, 1.807) is 0 Å². The summed E-state index contributed by atoms with van der Waals surface area (Å²) >= 11 is 0. The summed E-state index contributed by atoms with van der Waals surface area (Å²) in [5.41, 5.74) is 0. The van der Waals surface area contributed by atoms with Crippen LogP contribution in [0.4, 0.5) is 0 Å². The lowest BCUT2D eigenvalue weighted by Gasteiger charge is -2.16. The lowest BCUT2D eigenvalue weighted by molar-refractivity contribution is 0.206. The molecule has 0 saturated carbocycles. The van der Waals surface area contributed by atoms with E-state index in [0.717, 1.165) is 12.1 Å². The van der Waals surface area contributed by atoms with E-state index in [2.05, 4.69) is 13.1 Å². The van der Waals surface area contributed by atoms with Crippen LogP contribution in [0, 0.1) is 0 Å². The van der Waals surface area contributed by atoms with Gasteiger partial charge in [-0.3, -0.25) is 4.89 Å². The summed E-state index contributed by atoms with van der Waals surface area (Å²) in [5.74, 6) is -1.14. The molecule has 0 aromatic heterocycles. The van der Waals surface area contributed by atoms with Crippen LogP contribution in [0.25, 0.3) is 0 Å². The maximum absolute atomic E-state index is 11.4. The van der Waals surface area contributed by atoms with Gasteiger partial charge < -0.3 is 24.3 Å². The van der Waals surface area contributed by atoms with Gasteiger partial charge in [0.05, 0.1) is 0 Å². The lowest BCUT2D eigenvalue weighted by Crippen LogP contribution is -1.98. The Morgan fingerprint density at radius 2 is 1.40 bits per heavy atom. The van der Waals surface area contributed by atoms with Crippen molar-refractivity contribution >= 4 is 23.5 Å². The van der Waals surface area contributed by atoms with Gasteiger partial charge in [-0.05, 0) is 12.1 Å². The van der Waals surface area contributed by atoms with Gasteiger partial charge in [-0.25, -0.2) is 13.7 Å². The molecule has 11 nitrogen and oxygen atoms in total. The Balaban J connectivity index is 2.86. The minimum absolute atomic E-state index is 0.561. The zero-order valence-corrected chi connectivity index (χ0v) is 12.0. The molecule has 0 aliphatic rings. The molecule has 0 saturated heterocycles. The molecule has 0 heterocycles. The molecule has 0 bridgehead atoms. The number of aromatic hydroxyl groups is 1. The van der Waals surface area contributed by atoms with Gasteiger partial charge >= 0.3 is 23.5 Å². The molecule has 0 radical (unpaired) electrons. The summed E-state index contributed by atoms with van der Waals surface area (Å²) < 4.78 is 44.0. The topological polar surface area (TPSA) is 180 Å². The molecule has 14 heteroatoms. The van der Waals surface area contributed by atoms with Gasteiger partial charge in [0.25, 0.3) is 0 Å². The van der Waals surface area contributed by atoms with Gasteiger partial charge in [-0.2, -0.15) is 8.62 Å². The predicted octanol–water partition coefficient (Wildman–Crippen LogP) is 1.10. The molecule has 114 valence electrons. The molecule has 1 rings (SSSR count). The van der Waals surface area contributed by atoms with E-state index in [0.29, 0.717) is 0 Å². The number of phenolic OH excluding ortho intramolecular Hbond substituents is 1. The van der Waals surface area contributed by atoms with Gasteiger partial charge in [0.1, 0.15) is 0 Å². The third kappa shape index (κ3) is 6.15. The molecule has 5 N–H and O–H groups in total. The van der Waals surface area contributed by atoms with Gasteiger partial charge in [-0.1, -0.05) is 12.1 Å². The van der Waals surface area contributed by atoms with Crippen LogP contribution < -0.4 is 4.52 Å². The van der Waals surface area contributed by atoms with Crippen LogP contribution in [0.5, 0.6) is 11.5 Å². The van der Waals surface area contributed by atoms with E-state index in [-0.39, 0.29) is 0 Å². The fourth-order valence-corrected chi connectivity index (χ4v) is 4.00. The Labute approximate surface area is 111 Å². The van der Waals surface area contributed by atoms with Crippen molar-refractivity contribution in [2.24, 2.45) is 0 Å². The lowest BCUT2D eigenvalue weighted by atomic mass is 10.3. The standard InChI is InChI=1S/C6H9O11P3/c7-5-3-1-2-4-6(5)15-19(11,12)17-20(13,14)16-18(8,9)10/h1-4,7H,(H,11,12)(H,13,14)(H2,8,9,10). The summed E-state index contributed by atoms with van der Waals surface area (Å²) in [6.45, 7) is 0. The number of benzene rings is 1. The number of para-hydroxylation sites is 2. The predicted molar refractivity (Wildman–Crippen MR) is 62.6 cm³/mol. The van der Waals surface area contributed by atoms with E-state index >= 15 is 0 Å². The first-order chi connectivity index (χ1) is 8.90. The quantitative estimate of drug-likeness (QED) is 0.463. The molecular formula is C6H9O11P3. The van der Waals surface area contributed by atoms with Crippen molar-refractivity contribution < 1.29 is 51.5 Å². The smallest absolute Gasteiger partial charge is 0.504 e. The fraction of sp³-hybridized carbons (Fsp3) is 0. The highest BCUT2D eigenvalue weighted by Gasteiger charge is 2.41. The van der Waals surface area contributed by atoms with E-state index < -0.39 is 35.0 Å². The minimum Gasteiger partial charge on any atom is -0.504 e. The van der Waals surface area contributed by atoms with Crippen molar-refractivity contribution in [2.75, 3.05) is 0 Å². The molecule has 2 unspecified atom stereocenters. The van der Waals surface area contributed by atoms with Crippen molar-refractivity contribution in [3.63, 3.8) is 0 Å². The van der Waals surface area contributed by atoms with Crippen LogP contribution >= 0.6 is 23.5 Å². The van der Waals surface area contributed by atoms with Crippen LogP contribution in [0.2, 0.25) is 0 Å². The van der Waals surface area contributed by atoms with Crippen molar-refractivity contribution in [1.82, 2.24) is 0 Å². The van der Waals surface area contributed by atoms with Gasteiger partial charge in [0, 0.05) is 0 Å². The normalized spacial score (nSPS) is 18.0. The van der Waals surface area contributed by atoms with Gasteiger partial charge in [-0.15, -0.1) is 0 Å².